The number of aromatic nitrogens is 2. The zero-order valence-corrected chi connectivity index (χ0v) is 14.2. The number of benzene rings is 1. The molecule has 0 unspecified atom stereocenters. The highest BCUT2D eigenvalue weighted by atomic mass is 16.2. The summed E-state index contributed by atoms with van der Waals surface area (Å²) < 4.78 is 1.86. The van der Waals surface area contributed by atoms with Crippen LogP contribution in [0.3, 0.4) is 0 Å². The number of pyridine rings is 1. The Morgan fingerprint density at radius 3 is 2.35 bits per heavy atom. The van der Waals surface area contributed by atoms with Crippen molar-refractivity contribution in [1.82, 2.24) is 9.38 Å². The molecule has 2 aromatic heterocycles. The second-order valence-corrected chi connectivity index (χ2v) is 6.16. The highest BCUT2D eigenvalue weighted by Crippen LogP contribution is 2.23. The van der Waals surface area contributed by atoms with Crippen LogP contribution in [0.25, 0.3) is 5.65 Å². The van der Waals surface area contributed by atoms with Gasteiger partial charge in [-0.25, -0.2) is 4.98 Å². The first-order chi connectivity index (χ1) is 10.9. The van der Waals surface area contributed by atoms with E-state index in [1.165, 1.54) is 5.56 Å². The summed E-state index contributed by atoms with van der Waals surface area (Å²) in [5, 5.41) is 3.06. The number of carbonyl (C=O) groups excluding carboxylic acids is 1. The molecule has 0 aliphatic rings. The molecule has 1 aromatic carbocycles. The number of amides is 1. The molecular formula is C19H21N3O. The van der Waals surface area contributed by atoms with Crippen LogP contribution in [0.2, 0.25) is 0 Å². The number of imidazole rings is 1. The maximum Gasteiger partial charge on any atom is 0.274 e. The number of hydrogen-bond donors (Lipinski definition) is 1. The van der Waals surface area contributed by atoms with E-state index in [0.29, 0.717) is 5.69 Å². The highest BCUT2D eigenvalue weighted by Gasteiger charge is 2.18. The molecule has 0 aliphatic carbocycles. The van der Waals surface area contributed by atoms with Gasteiger partial charge in [0.1, 0.15) is 11.3 Å². The van der Waals surface area contributed by atoms with E-state index in [1.54, 1.807) is 0 Å². The van der Waals surface area contributed by atoms with Crippen molar-refractivity contribution in [3.63, 3.8) is 0 Å². The Morgan fingerprint density at radius 2 is 1.70 bits per heavy atom. The molecule has 23 heavy (non-hydrogen) atoms. The van der Waals surface area contributed by atoms with Crippen molar-refractivity contribution in [3.8, 4) is 0 Å². The van der Waals surface area contributed by atoms with Gasteiger partial charge in [-0.3, -0.25) is 9.20 Å². The maximum absolute atomic E-state index is 12.8. The van der Waals surface area contributed by atoms with Crippen molar-refractivity contribution in [2.24, 2.45) is 0 Å². The minimum Gasteiger partial charge on any atom is -0.320 e. The van der Waals surface area contributed by atoms with Crippen LogP contribution in [0, 0.1) is 34.6 Å². The fraction of sp³-hybridized carbons (Fsp3) is 0.263. The molecule has 0 spiro atoms. The third kappa shape index (κ3) is 2.61. The maximum atomic E-state index is 12.8. The summed E-state index contributed by atoms with van der Waals surface area (Å²) in [6.07, 6.45) is 1.88. The molecule has 0 atom stereocenters. The summed E-state index contributed by atoms with van der Waals surface area (Å²) in [5.41, 5.74) is 7.41. The van der Waals surface area contributed by atoms with Gasteiger partial charge < -0.3 is 5.32 Å². The Labute approximate surface area is 136 Å². The molecule has 0 saturated carbocycles. The Balaban J connectivity index is 2.06. The molecule has 3 rings (SSSR count). The summed E-state index contributed by atoms with van der Waals surface area (Å²) in [4.78, 5) is 17.4. The van der Waals surface area contributed by atoms with Crippen molar-refractivity contribution in [2.75, 3.05) is 5.32 Å². The number of anilines is 1. The molecule has 1 N–H and O–H groups in total. The summed E-state index contributed by atoms with van der Waals surface area (Å²) in [6, 6.07) is 8.09. The van der Waals surface area contributed by atoms with Crippen LogP contribution in [-0.2, 0) is 0 Å². The van der Waals surface area contributed by atoms with E-state index in [1.807, 2.05) is 50.4 Å². The van der Waals surface area contributed by atoms with Gasteiger partial charge in [-0.1, -0.05) is 23.8 Å². The van der Waals surface area contributed by atoms with Crippen molar-refractivity contribution in [2.45, 2.75) is 34.6 Å². The second kappa shape index (κ2) is 5.54. The molecule has 4 heteroatoms. The minimum atomic E-state index is -0.129. The van der Waals surface area contributed by atoms with Gasteiger partial charge in [0, 0.05) is 11.9 Å². The van der Waals surface area contributed by atoms with E-state index < -0.39 is 0 Å². The molecule has 4 nitrogen and oxygen atoms in total. The van der Waals surface area contributed by atoms with Crippen LogP contribution in [-0.4, -0.2) is 15.3 Å². The number of carbonyl (C=O) groups is 1. The normalized spacial score (nSPS) is 11.0. The summed E-state index contributed by atoms with van der Waals surface area (Å²) in [6.45, 7) is 9.96. The van der Waals surface area contributed by atoms with Crippen molar-refractivity contribution in [1.29, 1.82) is 0 Å². The number of nitrogens with zero attached hydrogens (tertiary/aromatic N) is 2. The third-order valence-corrected chi connectivity index (χ3v) is 4.15. The lowest BCUT2D eigenvalue weighted by Gasteiger charge is -2.13. The van der Waals surface area contributed by atoms with Crippen LogP contribution in [0.1, 0.15) is 38.4 Å². The van der Waals surface area contributed by atoms with E-state index in [9.17, 15) is 4.79 Å². The van der Waals surface area contributed by atoms with Crippen LogP contribution >= 0.6 is 0 Å². The monoisotopic (exact) mass is 307 g/mol. The van der Waals surface area contributed by atoms with Crippen molar-refractivity contribution in [3.05, 3.63) is 64.1 Å². The SMILES string of the molecule is Cc1cc(C)c(NC(=O)c2c(C)nc3c(C)cccn23)c(C)c1. The van der Waals surface area contributed by atoms with Gasteiger partial charge in [0.25, 0.3) is 5.91 Å². The molecule has 3 aromatic rings. The molecule has 0 bridgehead atoms. The van der Waals surface area contributed by atoms with Gasteiger partial charge in [-0.15, -0.1) is 0 Å². The van der Waals surface area contributed by atoms with Crippen molar-refractivity contribution < 1.29 is 4.79 Å². The Morgan fingerprint density at radius 1 is 1.04 bits per heavy atom. The Hall–Kier alpha value is -2.62. The lowest BCUT2D eigenvalue weighted by Crippen LogP contribution is -2.17. The van der Waals surface area contributed by atoms with Gasteiger partial charge >= 0.3 is 0 Å². The van der Waals surface area contributed by atoms with Gasteiger partial charge in [0.05, 0.1) is 5.69 Å². The van der Waals surface area contributed by atoms with Crippen LogP contribution in [0.4, 0.5) is 5.69 Å². The highest BCUT2D eigenvalue weighted by molar-refractivity contribution is 6.05. The fourth-order valence-electron chi connectivity index (χ4n) is 3.14. The first-order valence-corrected chi connectivity index (χ1v) is 7.72. The zero-order valence-electron chi connectivity index (χ0n) is 14.2. The van der Waals surface area contributed by atoms with E-state index in [4.69, 9.17) is 0 Å². The molecule has 0 aliphatic heterocycles. The van der Waals surface area contributed by atoms with E-state index in [2.05, 4.69) is 29.4 Å². The largest absolute Gasteiger partial charge is 0.320 e. The smallest absolute Gasteiger partial charge is 0.274 e. The number of hydrogen-bond acceptors (Lipinski definition) is 2. The Kier molecular flexibility index (Phi) is 3.68. The van der Waals surface area contributed by atoms with Gasteiger partial charge in [0.2, 0.25) is 0 Å². The van der Waals surface area contributed by atoms with Crippen LogP contribution in [0.5, 0.6) is 0 Å². The molecular weight excluding hydrogens is 286 g/mol. The first-order valence-electron chi connectivity index (χ1n) is 7.72. The second-order valence-electron chi connectivity index (χ2n) is 6.16. The number of fused-ring (bicyclic) bond motifs is 1. The summed E-state index contributed by atoms with van der Waals surface area (Å²) >= 11 is 0. The topological polar surface area (TPSA) is 46.4 Å². The number of nitrogens with one attached hydrogen (secondary N) is 1. The average Bonchev–Trinajstić information content (AvgIpc) is 2.80. The third-order valence-electron chi connectivity index (χ3n) is 4.15. The zero-order chi connectivity index (χ0) is 16.7. The fourth-order valence-corrected chi connectivity index (χ4v) is 3.14. The molecule has 0 saturated heterocycles. The average molecular weight is 307 g/mol. The van der Waals surface area contributed by atoms with Crippen molar-refractivity contribution >= 4 is 17.2 Å². The van der Waals surface area contributed by atoms with Gasteiger partial charge in [0.15, 0.2) is 0 Å². The summed E-state index contributed by atoms with van der Waals surface area (Å²) in [5.74, 6) is -0.129. The van der Waals surface area contributed by atoms with Gasteiger partial charge in [-0.2, -0.15) is 0 Å². The standard InChI is InChI=1S/C19H21N3O/c1-11-9-13(3)16(14(4)10-11)21-19(23)17-15(5)20-18-12(2)7-6-8-22(17)18/h6-10H,1-5H3,(H,21,23). The predicted molar refractivity (Wildman–Crippen MR) is 93.3 cm³/mol. The number of rotatable bonds is 2. The Bertz CT molecular complexity index is 899. The van der Waals surface area contributed by atoms with Crippen LogP contribution in [0.15, 0.2) is 30.5 Å². The quantitative estimate of drug-likeness (QED) is 0.774. The lowest BCUT2D eigenvalue weighted by atomic mass is 10.0. The predicted octanol–water partition coefficient (Wildman–Crippen LogP) is 4.13. The van der Waals surface area contributed by atoms with Crippen LogP contribution < -0.4 is 5.32 Å². The molecule has 1 amide bonds. The van der Waals surface area contributed by atoms with E-state index in [0.717, 1.165) is 33.7 Å². The molecule has 118 valence electrons. The number of aryl methyl sites for hydroxylation is 5. The molecule has 0 fully saturated rings. The van der Waals surface area contributed by atoms with E-state index in [-0.39, 0.29) is 5.91 Å². The lowest BCUT2D eigenvalue weighted by molar-refractivity contribution is 0.102. The molecule has 2 heterocycles. The first kappa shape index (κ1) is 15.3. The minimum absolute atomic E-state index is 0.129. The van der Waals surface area contributed by atoms with E-state index >= 15 is 0 Å². The van der Waals surface area contributed by atoms with Gasteiger partial charge in [-0.05, 0) is 57.4 Å². The summed E-state index contributed by atoms with van der Waals surface area (Å²) in [7, 11) is 0. The molecule has 0 radical (unpaired) electrons.